The molecule has 0 bridgehead atoms. The lowest BCUT2D eigenvalue weighted by Crippen LogP contribution is -2.43. The van der Waals surface area contributed by atoms with Crippen LogP contribution in [0.1, 0.15) is 40.0 Å². The number of nitrogens with one attached hydrogen (secondary N) is 2. The Bertz CT molecular complexity index is 324. The van der Waals surface area contributed by atoms with Gasteiger partial charge >= 0.3 is 6.09 Å². The highest BCUT2D eigenvalue weighted by atomic mass is 16.6. The molecule has 0 aromatic rings. The van der Waals surface area contributed by atoms with E-state index in [1.54, 1.807) is 7.11 Å². The fourth-order valence-corrected chi connectivity index (χ4v) is 2.14. The van der Waals surface area contributed by atoms with Crippen molar-refractivity contribution in [3.05, 3.63) is 12.2 Å². The van der Waals surface area contributed by atoms with Crippen molar-refractivity contribution in [3.8, 4) is 0 Å². The molecule has 1 aliphatic rings. The molecule has 0 heterocycles. The molecule has 0 aromatic carbocycles. The zero-order chi connectivity index (χ0) is 15.0. The van der Waals surface area contributed by atoms with Gasteiger partial charge in [-0.1, -0.05) is 12.2 Å². The van der Waals surface area contributed by atoms with Gasteiger partial charge in [-0.2, -0.15) is 0 Å². The molecule has 0 fully saturated rings. The standard InChI is InChI=1S/C15H28N2O3/c1-15(2,3)20-14(18)17-11-7-10-16-12-8-5-6-9-13(12)19-4/h5-6,12-13,16H,7-11H2,1-4H3,(H,17,18)/t12?,13-/m1/s1. The third kappa shape index (κ3) is 6.91. The molecule has 1 unspecified atom stereocenters. The Morgan fingerprint density at radius 3 is 2.60 bits per heavy atom. The van der Waals surface area contributed by atoms with E-state index >= 15 is 0 Å². The number of alkyl carbamates (subject to hydrolysis) is 1. The highest BCUT2D eigenvalue weighted by molar-refractivity contribution is 5.67. The third-order valence-corrected chi connectivity index (χ3v) is 3.10. The minimum atomic E-state index is -0.442. The predicted octanol–water partition coefficient (Wildman–Crippen LogP) is 2.22. The summed E-state index contributed by atoms with van der Waals surface area (Å²) in [6.45, 7) is 7.04. The topological polar surface area (TPSA) is 59.6 Å². The zero-order valence-electron chi connectivity index (χ0n) is 13.1. The maximum absolute atomic E-state index is 11.4. The first-order chi connectivity index (χ1) is 9.42. The van der Waals surface area contributed by atoms with Crippen molar-refractivity contribution in [3.63, 3.8) is 0 Å². The summed E-state index contributed by atoms with van der Waals surface area (Å²) in [4.78, 5) is 11.4. The van der Waals surface area contributed by atoms with Gasteiger partial charge in [0.05, 0.1) is 6.10 Å². The predicted molar refractivity (Wildman–Crippen MR) is 79.8 cm³/mol. The van der Waals surface area contributed by atoms with Crippen LogP contribution >= 0.6 is 0 Å². The Kier molecular flexibility index (Phi) is 7.02. The van der Waals surface area contributed by atoms with E-state index in [9.17, 15) is 4.79 Å². The minimum absolute atomic E-state index is 0.249. The van der Waals surface area contributed by atoms with Gasteiger partial charge in [0.15, 0.2) is 0 Å². The first kappa shape index (κ1) is 17.0. The van der Waals surface area contributed by atoms with Crippen LogP contribution in [-0.2, 0) is 9.47 Å². The summed E-state index contributed by atoms with van der Waals surface area (Å²) < 4.78 is 10.6. The van der Waals surface area contributed by atoms with Crippen molar-refractivity contribution in [1.82, 2.24) is 10.6 Å². The van der Waals surface area contributed by atoms with Crippen LogP contribution in [0, 0.1) is 0 Å². The van der Waals surface area contributed by atoms with E-state index in [2.05, 4.69) is 22.8 Å². The van der Waals surface area contributed by atoms with E-state index in [1.165, 1.54) is 0 Å². The summed E-state index contributed by atoms with van der Waals surface area (Å²) in [7, 11) is 1.75. The normalized spacial score (nSPS) is 22.6. The largest absolute Gasteiger partial charge is 0.444 e. The number of carbonyl (C=O) groups is 1. The number of hydrogen-bond acceptors (Lipinski definition) is 4. The van der Waals surface area contributed by atoms with Gasteiger partial charge in [-0.3, -0.25) is 0 Å². The summed E-state index contributed by atoms with van der Waals surface area (Å²) in [6, 6.07) is 0.367. The highest BCUT2D eigenvalue weighted by Crippen LogP contribution is 2.14. The van der Waals surface area contributed by atoms with Crippen LogP contribution < -0.4 is 10.6 Å². The molecule has 2 N–H and O–H groups in total. The van der Waals surface area contributed by atoms with Crippen molar-refractivity contribution in [2.45, 2.75) is 57.8 Å². The van der Waals surface area contributed by atoms with Gasteiger partial charge < -0.3 is 20.1 Å². The molecular weight excluding hydrogens is 256 g/mol. The lowest BCUT2D eigenvalue weighted by Gasteiger charge is -2.28. The molecule has 2 atom stereocenters. The molecule has 1 aliphatic carbocycles. The van der Waals surface area contributed by atoms with Gasteiger partial charge in [0.25, 0.3) is 0 Å². The van der Waals surface area contributed by atoms with E-state index in [1.807, 2.05) is 20.8 Å². The first-order valence-electron chi connectivity index (χ1n) is 7.30. The van der Waals surface area contributed by atoms with E-state index in [0.29, 0.717) is 12.6 Å². The van der Waals surface area contributed by atoms with E-state index in [-0.39, 0.29) is 12.2 Å². The van der Waals surface area contributed by atoms with Crippen molar-refractivity contribution in [1.29, 1.82) is 0 Å². The monoisotopic (exact) mass is 284 g/mol. The number of amides is 1. The Morgan fingerprint density at radius 2 is 1.95 bits per heavy atom. The van der Waals surface area contributed by atoms with Crippen LogP contribution in [0.2, 0.25) is 0 Å². The fraction of sp³-hybridized carbons (Fsp3) is 0.800. The van der Waals surface area contributed by atoms with Gasteiger partial charge in [0.2, 0.25) is 0 Å². The van der Waals surface area contributed by atoms with Crippen LogP contribution in [0.15, 0.2) is 12.2 Å². The molecule has 5 heteroatoms. The lowest BCUT2D eigenvalue weighted by atomic mass is 9.98. The molecule has 0 saturated heterocycles. The Labute approximate surface area is 122 Å². The van der Waals surface area contributed by atoms with E-state index in [0.717, 1.165) is 25.8 Å². The van der Waals surface area contributed by atoms with Crippen LogP contribution in [0.5, 0.6) is 0 Å². The second kappa shape index (κ2) is 8.27. The highest BCUT2D eigenvalue weighted by Gasteiger charge is 2.21. The quantitative estimate of drug-likeness (QED) is 0.580. The SMILES string of the molecule is CO[C@@H]1CC=CCC1NCCCNC(=O)OC(C)(C)C. The Balaban J connectivity index is 2.10. The van der Waals surface area contributed by atoms with Gasteiger partial charge in [-0.15, -0.1) is 0 Å². The third-order valence-electron chi connectivity index (χ3n) is 3.10. The first-order valence-corrected chi connectivity index (χ1v) is 7.30. The molecule has 1 amide bonds. The van der Waals surface area contributed by atoms with Crippen LogP contribution in [0.25, 0.3) is 0 Å². The summed E-state index contributed by atoms with van der Waals surface area (Å²) in [5.41, 5.74) is -0.442. The molecule has 0 spiro atoms. The van der Waals surface area contributed by atoms with Crippen molar-refractivity contribution >= 4 is 6.09 Å². The van der Waals surface area contributed by atoms with Crippen LogP contribution in [0.3, 0.4) is 0 Å². The summed E-state index contributed by atoms with van der Waals surface area (Å²) in [5.74, 6) is 0. The number of rotatable bonds is 6. The average Bonchev–Trinajstić information content (AvgIpc) is 2.36. The second-order valence-electron chi connectivity index (χ2n) is 6.06. The molecular formula is C15H28N2O3. The molecule has 0 aromatic heterocycles. The van der Waals surface area contributed by atoms with Gasteiger partial charge in [-0.25, -0.2) is 4.79 Å². The maximum atomic E-state index is 11.4. The van der Waals surface area contributed by atoms with Crippen molar-refractivity contribution in [2.24, 2.45) is 0 Å². The van der Waals surface area contributed by atoms with Crippen molar-refractivity contribution < 1.29 is 14.3 Å². The molecule has 0 aliphatic heterocycles. The average molecular weight is 284 g/mol. The van der Waals surface area contributed by atoms with Gasteiger partial charge in [-0.05, 0) is 46.6 Å². The Hall–Kier alpha value is -1.07. The summed E-state index contributed by atoms with van der Waals surface area (Å²) >= 11 is 0. The van der Waals surface area contributed by atoms with Gasteiger partial charge in [0.1, 0.15) is 5.60 Å². The lowest BCUT2D eigenvalue weighted by molar-refractivity contribution is 0.0524. The summed E-state index contributed by atoms with van der Waals surface area (Å²) in [5, 5.41) is 6.23. The number of methoxy groups -OCH3 is 1. The summed E-state index contributed by atoms with van der Waals surface area (Å²) in [6.07, 6.45) is 7.08. The van der Waals surface area contributed by atoms with Crippen LogP contribution in [-0.4, -0.2) is 44.0 Å². The minimum Gasteiger partial charge on any atom is -0.444 e. The van der Waals surface area contributed by atoms with Crippen molar-refractivity contribution in [2.75, 3.05) is 20.2 Å². The molecule has 5 nitrogen and oxygen atoms in total. The number of ether oxygens (including phenoxy) is 2. The Morgan fingerprint density at radius 1 is 1.25 bits per heavy atom. The molecule has 116 valence electrons. The fourth-order valence-electron chi connectivity index (χ4n) is 2.14. The molecule has 0 radical (unpaired) electrons. The maximum Gasteiger partial charge on any atom is 0.407 e. The number of hydrogen-bond donors (Lipinski definition) is 2. The smallest absolute Gasteiger partial charge is 0.407 e. The molecule has 20 heavy (non-hydrogen) atoms. The zero-order valence-corrected chi connectivity index (χ0v) is 13.1. The number of carbonyl (C=O) groups excluding carboxylic acids is 1. The van der Waals surface area contributed by atoms with E-state index < -0.39 is 5.60 Å². The van der Waals surface area contributed by atoms with E-state index in [4.69, 9.17) is 9.47 Å². The van der Waals surface area contributed by atoms with Crippen LogP contribution in [0.4, 0.5) is 4.79 Å². The second-order valence-corrected chi connectivity index (χ2v) is 6.06. The molecule has 0 saturated carbocycles. The molecule has 1 rings (SSSR count). The van der Waals surface area contributed by atoms with Gasteiger partial charge in [0, 0.05) is 19.7 Å².